The summed E-state index contributed by atoms with van der Waals surface area (Å²) in [7, 11) is 0.774. The molecule has 0 aliphatic rings. The number of ether oxygens (including phenoxy) is 6. The molecule has 1 amide bonds. The van der Waals surface area contributed by atoms with Gasteiger partial charge in [-0.25, -0.2) is 5.84 Å². The predicted molar refractivity (Wildman–Crippen MR) is 201 cm³/mol. The Hall–Kier alpha value is -1.77. The van der Waals surface area contributed by atoms with Gasteiger partial charge in [-0.2, -0.15) is 4.91 Å². The Morgan fingerprint density at radius 3 is 1.73 bits per heavy atom. The number of nitrogens with one attached hydrogen (secondary N) is 1. The molecule has 0 bridgehead atoms. The van der Waals surface area contributed by atoms with Gasteiger partial charge in [-0.3, -0.25) is 9.79 Å². The predicted octanol–water partition coefficient (Wildman–Crippen LogP) is 4.70. The highest BCUT2D eigenvalue weighted by atomic mass is 31.1. The lowest BCUT2D eigenvalue weighted by Gasteiger charge is -2.15. The number of nitrogens with zero attached hydrogens (tertiary/aromatic N) is 3. The number of allylic oxidation sites excluding steroid dienone is 1. The maximum atomic E-state index is 11.4. The summed E-state index contributed by atoms with van der Waals surface area (Å²) >= 11 is 0. The molecule has 1 atom stereocenters. The first-order chi connectivity index (χ1) is 23.5. The Morgan fingerprint density at radius 2 is 1.23 bits per heavy atom. The molecule has 0 radical (unpaired) electrons. The van der Waals surface area contributed by atoms with Crippen molar-refractivity contribution in [2.45, 2.75) is 80.1 Å². The minimum atomic E-state index is -0.0140. The molecule has 0 rings (SSSR count). The lowest BCUT2D eigenvalue weighted by Crippen LogP contribution is -2.31. The van der Waals surface area contributed by atoms with Crippen LogP contribution in [0.15, 0.2) is 22.1 Å². The van der Waals surface area contributed by atoms with E-state index in [9.17, 15) is 9.70 Å². The van der Waals surface area contributed by atoms with Gasteiger partial charge in [0.1, 0.15) is 6.54 Å². The van der Waals surface area contributed by atoms with Crippen molar-refractivity contribution in [3.63, 3.8) is 0 Å². The minimum Gasteiger partial charge on any atom is -0.401 e. The number of nitroso groups, excluding NO2 is 1. The highest BCUT2D eigenvalue weighted by Gasteiger charge is 2.02. The van der Waals surface area contributed by atoms with Crippen molar-refractivity contribution in [2.75, 3.05) is 112 Å². The summed E-state index contributed by atoms with van der Waals surface area (Å²) in [4.78, 5) is 25.4. The Morgan fingerprint density at radius 1 is 0.729 bits per heavy atom. The molecule has 0 aliphatic carbocycles. The van der Waals surface area contributed by atoms with E-state index in [0.29, 0.717) is 104 Å². The molecule has 14 nitrogen and oxygen atoms in total. The number of nitrogens with two attached hydrogens (primary N) is 2. The Labute approximate surface area is 294 Å². The van der Waals surface area contributed by atoms with E-state index >= 15 is 0 Å². The van der Waals surface area contributed by atoms with Crippen molar-refractivity contribution in [2.24, 2.45) is 21.7 Å². The molecule has 48 heavy (non-hydrogen) atoms. The Kier molecular flexibility index (Phi) is 57.5. The van der Waals surface area contributed by atoms with E-state index in [2.05, 4.69) is 29.1 Å². The fraction of sp³-hybridized carbons (Fsp3) is 0.879. The lowest BCUT2D eigenvalue weighted by atomic mass is 10.2. The average molecular weight is 713 g/mol. The van der Waals surface area contributed by atoms with Gasteiger partial charge in [0.25, 0.3) is 0 Å². The van der Waals surface area contributed by atoms with Gasteiger partial charge in [0.15, 0.2) is 0 Å². The number of aliphatic imine (C=N–C) groups is 1. The maximum absolute atomic E-state index is 11.4. The third-order valence-corrected chi connectivity index (χ3v) is 5.77. The van der Waals surface area contributed by atoms with Gasteiger partial charge in [-0.05, 0) is 25.9 Å². The molecule has 0 spiro atoms. The van der Waals surface area contributed by atoms with Crippen LogP contribution in [0, 0.1) is 4.91 Å². The van der Waals surface area contributed by atoms with Gasteiger partial charge >= 0.3 is 0 Å². The molecule has 288 valence electrons. The fourth-order valence-corrected chi connectivity index (χ4v) is 3.35. The van der Waals surface area contributed by atoms with E-state index < -0.39 is 0 Å². The van der Waals surface area contributed by atoms with Crippen LogP contribution in [0.3, 0.4) is 0 Å². The van der Waals surface area contributed by atoms with Crippen molar-refractivity contribution < 1.29 is 33.2 Å². The quantitative estimate of drug-likeness (QED) is 0.0220. The summed E-state index contributed by atoms with van der Waals surface area (Å²) in [5.41, 5.74) is 6.36. The third-order valence-electron chi connectivity index (χ3n) is 5.33. The minimum absolute atomic E-state index is 0.0140. The molecule has 0 fully saturated rings. The van der Waals surface area contributed by atoms with Crippen LogP contribution in [0.2, 0.25) is 0 Å². The van der Waals surface area contributed by atoms with Crippen molar-refractivity contribution in [3.05, 3.63) is 16.8 Å². The Balaban J connectivity index is -0.000000366. The second-order valence-electron chi connectivity index (χ2n) is 9.35. The zero-order valence-electron chi connectivity index (χ0n) is 31.5. The summed E-state index contributed by atoms with van der Waals surface area (Å²) in [5, 5.41) is 6.89. The van der Waals surface area contributed by atoms with Gasteiger partial charge in [0.2, 0.25) is 5.91 Å². The fourth-order valence-electron chi connectivity index (χ4n) is 3.04. The molecular formula is C33H73N6O8P. The topological polar surface area (TPSA) is 182 Å². The van der Waals surface area contributed by atoms with Crippen LogP contribution in [0.1, 0.15) is 80.1 Å². The lowest BCUT2D eigenvalue weighted by molar-refractivity contribution is -0.121. The number of hydrazine groups is 1. The number of amides is 1. The molecule has 15 heteroatoms. The number of carbonyl (C=O) groups excluding carboxylic acids is 1. The molecule has 0 aromatic heterocycles. The molecule has 0 aromatic rings. The van der Waals surface area contributed by atoms with Crippen molar-refractivity contribution in [3.8, 4) is 0 Å². The van der Waals surface area contributed by atoms with E-state index in [-0.39, 0.29) is 12.5 Å². The normalized spacial score (nSPS) is 11.0. The summed E-state index contributed by atoms with van der Waals surface area (Å²) in [6.45, 7) is 23.1. The summed E-state index contributed by atoms with van der Waals surface area (Å²) in [5.74, 6) is 7.68. The van der Waals surface area contributed by atoms with E-state index in [1.165, 1.54) is 17.9 Å². The first kappa shape index (κ1) is 53.0. The van der Waals surface area contributed by atoms with Crippen LogP contribution in [-0.2, 0) is 33.2 Å². The molecule has 0 saturated carbocycles. The standard InChI is InChI=1S/C15H32NO4P.C14H29N5O4.2C2H6/c1-3-4-5-7-17-9-11-19-13-14-20-12-10-18-8-6-16-15-21-2;1-2-5-17-14(20)4-3-13(15)12-19(16)7-9-23-11-10-22-8-6-18-21;2*1-2/h15,21H,3-14H2,1-2H3;12H,2-11,15-16H2,1H3,(H,17,20);2*1-2H3/b;13-12-;;. The van der Waals surface area contributed by atoms with E-state index in [0.717, 1.165) is 34.6 Å². The van der Waals surface area contributed by atoms with Crippen molar-refractivity contribution >= 4 is 20.4 Å². The molecule has 0 aromatic carbocycles. The van der Waals surface area contributed by atoms with E-state index in [1.54, 1.807) is 6.20 Å². The average Bonchev–Trinajstić information content (AvgIpc) is 3.11. The SMILES string of the molecule is CC.CC.CCCCCOCCOCCOCCOCCN=CPC.CCCNC(=O)CC/C(N)=C/N(N)CCOCCOCCN=O. The van der Waals surface area contributed by atoms with Gasteiger partial charge in [0.05, 0.1) is 85.8 Å². The van der Waals surface area contributed by atoms with Gasteiger partial charge in [-0.1, -0.05) is 68.1 Å². The third kappa shape index (κ3) is 53.7. The van der Waals surface area contributed by atoms with Crippen LogP contribution in [0.25, 0.3) is 0 Å². The second kappa shape index (κ2) is 52.1. The van der Waals surface area contributed by atoms with Gasteiger partial charge in [0, 0.05) is 37.4 Å². The maximum Gasteiger partial charge on any atom is 0.220 e. The van der Waals surface area contributed by atoms with Crippen molar-refractivity contribution in [1.82, 2.24) is 10.3 Å². The number of hydrogen-bond donors (Lipinski definition) is 3. The molecule has 5 N–H and O–H groups in total. The first-order valence-corrected chi connectivity index (χ1v) is 19.2. The van der Waals surface area contributed by atoms with Crippen LogP contribution in [-0.4, -0.2) is 129 Å². The summed E-state index contributed by atoms with van der Waals surface area (Å²) in [6.07, 6.45) is 6.93. The molecular weight excluding hydrogens is 639 g/mol. The first-order valence-electron chi connectivity index (χ1n) is 17.7. The number of unbranched alkanes of at least 4 members (excludes halogenated alkanes) is 2. The van der Waals surface area contributed by atoms with E-state index in [4.69, 9.17) is 40.0 Å². The zero-order valence-corrected chi connectivity index (χ0v) is 32.5. The highest BCUT2D eigenvalue weighted by molar-refractivity contribution is 7.54. The van der Waals surface area contributed by atoms with Gasteiger partial charge in [-0.15, -0.1) is 0 Å². The summed E-state index contributed by atoms with van der Waals surface area (Å²) < 4.78 is 32.0. The van der Waals surface area contributed by atoms with Crippen LogP contribution < -0.4 is 16.9 Å². The monoisotopic (exact) mass is 713 g/mol. The number of hydrogen-bond acceptors (Lipinski definition) is 13. The second-order valence-corrected chi connectivity index (χ2v) is 10.2. The van der Waals surface area contributed by atoms with Crippen LogP contribution >= 0.6 is 8.58 Å². The molecule has 0 saturated heterocycles. The molecule has 0 heterocycles. The molecule has 1 unspecified atom stereocenters. The van der Waals surface area contributed by atoms with Crippen molar-refractivity contribution in [1.29, 1.82) is 0 Å². The van der Waals surface area contributed by atoms with Crippen LogP contribution in [0.5, 0.6) is 0 Å². The molecule has 0 aliphatic heterocycles. The number of carbonyl (C=O) groups is 1. The zero-order chi connectivity index (χ0) is 36.8. The summed E-state index contributed by atoms with van der Waals surface area (Å²) in [6, 6.07) is 0. The highest BCUT2D eigenvalue weighted by Crippen LogP contribution is 1.99. The van der Waals surface area contributed by atoms with E-state index in [1.807, 2.05) is 40.6 Å². The Bertz CT molecular complexity index is 682. The van der Waals surface area contributed by atoms with Gasteiger partial charge < -0.3 is 44.5 Å². The largest absolute Gasteiger partial charge is 0.401 e. The number of rotatable bonds is 32. The smallest absolute Gasteiger partial charge is 0.220 e. The van der Waals surface area contributed by atoms with Crippen LogP contribution in [0.4, 0.5) is 0 Å².